The maximum absolute atomic E-state index is 13.0. The van der Waals surface area contributed by atoms with Crippen molar-refractivity contribution >= 4 is 16.7 Å². The van der Waals surface area contributed by atoms with Crippen LogP contribution in [0.25, 0.3) is 16.5 Å². The number of methoxy groups -OCH3 is 1. The van der Waals surface area contributed by atoms with Gasteiger partial charge in [0.25, 0.3) is 11.5 Å². The summed E-state index contributed by atoms with van der Waals surface area (Å²) < 4.78 is 6.61. The highest BCUT2D eigenvalue weighted by molar-refractivity contribution is 6.04. The topological polar surface area (TPSA) is 64.4 Å². The molecule has 0 saturated heterocycles. The quantitative estimate of drug-likeness (QED) is 0.709. The van der Waals surface area contributed by atoms with Crippen LogP contribution in [0.15, 0.2) is 53.3 Å². The first-order valence-corrected chi connectivity index (χ1v) is 8.57. The molecule has 1 aromatic heterocycles. The number of hydrogen-bond donors (Lipinski definition) is 0. The van der Waals surface area contributed by atoms with E-state index in [9.17, 15) is 9.59 Å². The smallest absolute Gasteiger partial charge is 0.279 e. The van der Waals surface area contributed by atoms with E-state index in [4.69, 9.17) is 4.74 Å². The highest BCUT2D eigenvalue weighted by atomic mass is 16.5. The van der Waals surface area contributed by atoms with Crippen LogP contribution >= 0.6 is 0 Å². The summed E-state index contributed by atoms with van der Waals surface area (Å²) in [5, 5.41) is 5.43. The second-order valence-electron chi connectivity index (χ2n) is 5.76. The molecule has 26 heavy (non-hydrogen) atoms. The van der Waals surface area contributed by atoms with Crippen LogP contribution in [-0.4, -0.2) is 40.8 Å². The molecule has 0 aliphatic heterocycles. The van der Waals surface area contributed by atoms with Gasteiger partial charge in [0.15, 0.2) is 5.69 Å². The van der Waals surface area contributed by atoms with Crippen molar-refractivity contribution in [2.45, 2.75) is 13.8 Å². The van der Waals surface area contributed by atoms with Crippen molar-refractivity contribution in [1.82, 2.24) is 14.7 Å². The fraction of sp³-hybridized carbons (Fsp3) is 0.250. The second kappa shape index (κ2) is 7.39. The van der Waals surface area contributed by atoms with Crippen LogP contribution in [0, 0.1) is 0 Å². The largest absolute Gasteiger partial charge is 0.494 e. The van der Waals surface area contributed by atoms with Gasteiger partial charge in [0.2, 0.25) is 0 Å². The zero-order valence-electron chi connectivity index (χ0n) is 15.1. The lowest BCUT2D eigenvalue weighted by Gasteiger charge is -2.20. The van der Waals surface area contributed by atoms with Gasteiger partial charge in [-0.3, -0.25) is 9.59 Å². The van der Waals surface area contributed by atoms with Crippen LogP contribution in [0.5, 0.6) is 5.75 Å². The van der Waals surface area contributed by atoms with Crippen LogP contribution in [0.4, 0.5) is 0 Å². The summed E-state index contributed by atoms with van der Waals surface area (Å²) in [5.74, 6) is 0.313. The minimum atomic E-state index is -0.291. The van der Waals surface area contributed by atoms with Crippen molar-refractivity contribution < 1.29 is 9.53 Å². The third-order valence-electron chi connectivity index (χ3n) is 4.37. The molecular formula is C20H21N3O3. The molecule has 0 aliphatic rings. The lowest BCUT2D eigenvalue weighted by molar-refractivity contribution is 0.0767. The van der Waals surface area contributed by atoms with E-state index in [0.717, 1.165) is 0 Å². The molecule has 6 heteroatoms. The minimum absolute atomic E-state index is 0.199. The lowest BCUT2D eigenvalue weighted by atomic mass is 10.1. The predicted molar refractivity (Wildman–Crippen MR) is 101 cm³/mol. The van der Waals surface area contributed by atoms with Crippen molar-refractivity contribution in [3.8, 4) is 11.4 Å². The average molecular weight is 351 g/mol. The Morgan fingerprint density at radius 2 is 1.65 bits per heavy atom. The molecule has 6 nitrogen and oxygen atoms in total. The van der Waals surface area contributed by atoms with Crippen LogP contribution in [0.2, 0.25) is 0 Å². The fourth-order valence-electron chi connectivity index (χ4n) is 2.98. The van der Waals surface area contributed by atoms with Crippen molar-refractivity contribution in [1.29, 1.82) is 0 Å². The Hall–Kier alpha value is -3.15. The predicted octanol–water partition coefficient (Wildman–Crippen LogP) is 2.88. The van der Waals surface area contributed by atoms with Crippen LogP contribution < -0.4 is 10.3 Å². The number of carbonyl (C=O) groups is 1. The van der Waals surface area contributed by atoms with Gasteiger partial charge >= 0.3 is 0 Å². The van der Waals surface area contributed by atoms with Crippen molar-refractivity contribution in [3.63, 3.8) is 0 Å². The van der Waals surface area contributed by atoms with E-state index >= 15 is 0 Å². The molecule has 3 rings (SSSR count). The summed E-state index contributed by atoms with van der Waals surface area (Å²) in [5.41, 5.74) is 0.468. The van der Waals surface area contributed by atoms with Crippen molar-refractivity contribution in [2.75, 3.05) is 20.2 Å². The van der Waals surface area contributed by atoms with E-state index < -0.39 is 0 Å². The zero-order chi connectivity index (χ0) is 18.7. The number of ether oxygens (including phenoxy) is 1. The molecule has 0 radical (unpaired) electrons. The molecular weight excluding hydrogens is 330 g/mol. The maximum atomic E-state index is 13.0. The number of hydrogen-bond acceptors (Lipinski definition) is 4. The van der Waals surface area contributed by atoms with E-state index in [-0.39, 0.29) is 17.2 Å². The van der Waals surface area contributed by atoms with Gasteiger partial charge in [0, 0.05) is 18.5 Å². The molecule has 134 valence electrons. The summed E-state index contributed by atoms with van der Waals surface area (Å²) in [7, 11) is 1.53. The van der Waals surface area contributed by atoms with Crippen LogP contribution in [0.1, 0.15) is 24.3 Å². The monoisotopic (exact) mass is 351 g/mol. The highest BCUT2D eigenvalue weighted by Gasteiger charge is 2.21. The normalized spacial score (nSPS) is 10.7. The SMILES string of the molecule is CCN(CC)C(=O)c1nn(-c2ccccc2OC)c(=O)c2ccccc12. The van der Waals surface area contributed by atoms with Gasteiger partial charge in [-0.15, -0.1) is 0 Å². The molecule has 0 N–H and O–H groups in total. The number of para-hydroxylation sites is 2. The standard InChI is InChI=1S/C20H21N3O3/c1-4-22(5-2)20(25)18-14-10-6-7-11-15(14)19(24)23(21-18)16-12-8-9-13-17(16)26-3/h6-13H,4-5H2,1-3H3. The average Bonchev–Trinajstić information content (AvgIpc) is 2.69. The van der Waals surface area contributed by atoms with Gasteiger partial charge in [0.05, 0.1) is 12.5 Å². The molecule has 0 fully saturated rings. The molecule has 3 aromatic rings. The summed E-state index contributed by atoms with van der Waals surface area (Å²) >= 11 is 0. The number of rotatable bonds is 5. The highest BCUT2D eigenvalue weighted by Crippen LogP contribution is 2.22. The Bertz CT molecular complexity index is 1010. The van der Waals surface area contributed by atoms with Gasteiger partial charge in [-0.25, -0.2) is 0 Å². The molecule has 2 aromatic carbocycles. The number of carbonyl (C=O) groups excluding carboxylic acids is 1. The first kappa shape index (κ1) is 17.7. The zero-order valence-corrected chi connectivity index (χ0v) is 15.1. The van der Waals surface area contributed by atoms with Gasteiger partial charge in [-0.1, -0.05) is 30.3 Å². The molecule has 0 spiro atoms. The third kappa shape index (κ3) is 2.94. The third-order valence-corrected chi connectivity index (χ3v) is 4.37. The number of nitrogens with zero attached hydrogens (tertiary/aromatic N) is 3. The van der Waals surface area contributed by atoms with Gasteiger partial charge in [-0.2, -0.15) is 9.78 Å². The van der Waals surface area contributed by atoms with Gasteiger partial charge in [-0.05, 0) is 32.0 Å². The molecule has 1 amide bonds. The number of aromatic nitrogens is 2. The Morgan fingerprint density at radius 3 is 2.31 bits per heavy atom. The molecule has 0 aliphatic carbocycles. The van der Waals surface area contributed by atoms with Crippen LogP contribution in [-0.2, 0) is 0 Å². The van der Waals surface area contributed by atoms with Gasteiger partial charge < -0.3 is 9.64 Å². The van der Waals surface area contributed by atoms with E-state index in [2.05, 4.69) is 5.10 Å². The summed E-state index contributed by atoms with van der Waals surface area (Å²) in [6, 6.07) is 14.2. The number of benzene rings is 2. The molecule has 0 unspecified atom stereocenters. The summed E-state index contributed by atoms with van der Waals surface area (Å²) in [4.78, 5) is 27.7. The molecule has 1 heterocycles. The maximum Gasteiger partial charge on any atom is 0.279 e. The molecule has 0 atom stereocenters. The van der Waals surface area contributed by atoms with E-state index in [0.29, 0.717) is 35.3 Å². The first-order chi connectivity index (χ1) is 12.6. The van der Waals surface area contributed by atoms with Crippen LogP contribution in [0.3, 0.4) is 0 Å². The van der Waals surface area contributed by atoms with Crippen molar-refractivity contribution in [3.05, 3.63) is 64.6 Å². The Morgan fingerprint density at radius 1 is 1.04 bits per heavy atom. The number of fused-ring (bicyclic) bond motifs is 1. The Kier molecular flexibility index (Phi) is 5.02. The van der Waals surface area contributed by atoms with E-state index in [1.165, 1.54) is 11.8 Å². The summed E-state index contributed by atoms with van der Waals surface area (Å²) in [6.45, 7) is 4.97. The van der Waals surface area contributed by atoms with E-state index in [1.54, 1.807) is 47.4 Å². The molecule has 0 saturated carbocycles. The fourth-order valence-corrected chi connectivity index (χ4v) is 2.98. The Labute approximate surface area is 151 Å². The van der Waals surface area contributed by atoms with E-state index in [1.807, 2.05) is 19.9 Å². The van der Waals surface area contributed by atoms with Crippen molar-refractivity contribution in [2.24, 2.45) is 0 Å². The second-order valence-corrected chi connectivity index (χ2v) is 5.76. The van der Waals surface area contributed by atoms with Gasteiger partial charge in [0.1, 0.15) is 11.4 Å². The molecule has 0 bridgehead atoms. The summed E-state index contributed by atoms with van der Waals surface area (Å²) in [6.07, 6.45) is 0. The Balaban J connectivity index is 2.34. The first-order valence-electron chi connectivity index (χ1n) is 8.57. The number of amides is 1. The lowest BCUT2D eigenvalue weighted by Crippen LogP contribution is -2.34. The minimum Gasteiger partial charge on any atom is -0.494 e.